The molecule has 0 N–H and O–H groups in total. The fraction of sp³-hybridized carbons (Fsp3) is 0.0179. The maximum Gasteiger partial charge on any atom is 0.136 e. The lowest BCUT2D eigenvalue weighted by Crippen LogP contribution is -2.37. The van der Waals surface area contributed by atoms with Crippen LogP contribution in [0, 0.1) is 0 Å². The minimum absolute atomic E-state index is 0.515. The van der Waals surface area contributed by atoms with Gasteiger partial charge in [0.15, 0.2) is 0 Å². The summed E-state index contributed by atoms with van der Waals surface area (Å²) in [6.07, 6.45) is 0. The number of rotatable bonds is 5. The molecule has 3 nitrogen and oxygen atoms in total. The molecule has 0 amide bonds. The summed E-state index contributed by atoms with van der Waals surface area (Å²) in [5.74, 6) is 0. The van der Waals surface area contributed by atoms with Crippen molar-refractivity contribution in [2.24, 2.45) is 0 Å². The Hall–Kier alpha value is -7.75. The van der Waals surface area contributed by atoms with Crippen molar-refractivity contribution in [3.8, 4) is 22.4 Å². The van der Waals surface area contributed by atoms with Gasteiger partial charge in [0.2, 0.25) is 0 Å². The van der Waals surface area contributed by atoms with Gasteiger partial charge >= 0.3 is 0 Å². The van der Waals surface area contributed by atoms with E-state index in [0.717, 1.165) is 77.7 Å². The predicted molar refractivity (Wildman–Crippen MR) is 244 cm³/mol. The highest BCUT2D eigenvalue weighted by Gasteiger charge is 2.46. The number of nitrogens with zero attached hydrogens (tertiary/aromatic N) is 2. The second-order valence-corrected chi connectivity index (χ2v) is 15.4. The number of fused-ring (bicyclic) bond motifs is 9. The molecule has 276 valence electrons. The minimum Gasteiger partial charge on any atom is -0.456 e. The number of benzene rings is 9. The molecule has 1 aliphatic rings. The molecular formula is C56H36N2O. The molecule has 0 bridgehead atoms. The molecule has 1 aliphatic heterocycles. The summed E-state index contributed by atoms with van der Waals surface area (Å²) in [6, 6.07) is 78.6. The maximum atomic E-state index is 6.41. The second kappa shape index (κ2) is 13.2. The fourth-order valence-corrected chi connectivity index (χ4v) is 9.82. The van der Waals surface area contributed by atoms with Gasteiger partial charge in [-0.15, -0.1) is 0 Å². The number of pyridine rings is 1. The molecule has 0 fully saturated rings. The zero-order chi connectivity index (χ0) is 38.9. The normalized spacial score (nSPS) is 13.2. The van der Waals surface area contributed by atoms with Crippen LogP contribution in [0.4, 0.5) is 17.1 Å². The molecule has 3 heterocycles. The summed E-state index contributed by atoms with van der Waals surface area (Å²) < 4.78 is 6.41. The average Bonchev–Trinajstić information content (AvgIpc) is 3.70. The number of aromatic nitrogens is 1. The van der Waals surface area contributed by atoms with E-state index in [2.05, 4.69) is 217 Å². The Morgan fingerprint density at radius 1 is 0.390 bits per heavy atom. The van der Waals surface area contributed by atoms with Crippen LogP contribution in [0.5, 0.6) is 0 Å². The van der Waals surface area contributed by atoms with Gasteiger partial charge in [-0.2, -0.15) is 0 Å². The molecule has 0 radical (unpaired) electrons. The summed E-state index contributed by atoms with van der Waals surface area (Å²) in [6.45, 7) is 0. The van der Waals surface area contributed by atoms with Crippen molar-refractivity contribution in [2.75, 3.05) is 4.90 Å². The highest BCUT2D eigenvalue weighted by molar-refractivity contribution is 6.28. The standard InChI is InChI=1S/C56H36N2O/c1-4-17-37(18-5-1)55-45-33-34-52-54(44-25-10-15-30-51(44)59-52)53(45)43-32-31-39(36-48(43)57-55)38-19-16-24-42(35-38)58-49-28-13-11-26-46(49)56(40-20-6-2-7-21-40,41-22-8-3-9-23-41)47-27-12-14-29-50(47)58/h1-36H. The van der Waals surface area contributed by atoms with Gasteiger partial charge in [0.25, 0.3) is 0 Å². The maximum absolute atomic E-state index is 6.41. The number of furan rings is 1. The molecule has 0 atom stereocenters. The molecule has 0 aliphatic carbocycles. The van der Waals surface area contributed by atoms with Crippen molar-refractivity contribution in [1.29, 1.82) is 0 Å². The molecule has 0 saturated carbocycles. The summed E-state index contributed by atoms with van der Waals surface area (Å²) in [7, 11) is 0. The first-order valence-corrected chi connectivity index (χ1v) is 20.2. The lowest BCUT2D eigenvalue weighted by molar-refractivity contribution is 0.669. The van der Waals surface area contributed by atoms with Crippen molar-refractivity contribution in [2.45, 2.75) is 5.41 Å². The van der Waals surface area contributed by atoms with Gasteiger partial charge in [-0.1, -0.05) is 170 Å². The molecule has 0 saturated heterocycles. The molecule has 9 aromatic carbocycles. The Morgan fingerprint density at radius 3 is 1.68 bits per heavy atom. The van der Waals surface area contributed by atoms with Crippen molar-refractivity contribution in [1.82, 2.24) is 4.98 Å². The van der Waals surface area contributed by atoms with Crippen LogP contribution in [-0.2, 0) is 5.41 Å². The molecule has 12 rings (SSSR count). The quantitative estimate of drug-likeness (QED) is 0.164. The molecular weight excluding hydrogens is 717 g/mol. The van der Waals surface area contributed by atoms with Gasteiger partial charge in [0.1, 0.15) is 11.2 Å². The summed E-state index contributed by atoms with van der Waals surface area (Å²) in [5.41, 5.74) is 14.9. The number of para-hydroxylation sites is 3. The Labute approximate surface area is 342 Å². The van der Waals surface area contributed by atoms with Gasteiger partial charge in [-0.25, -0.2) is 4.98 Å². The second-order valence-electron chi connectivity index (χ2n) is 15.4. The lowest BCUT2D eigenvalue weighted by atomic mass is 9.62. The zero-order valence-corrected chi connectivity index (χ0v) is 32.1. The Bertz CT molecular complexity index is 3300. The van der Waals surface area contributed by atoms with E-state index in [4.69, 9.17) is 9.40 Å². The van der Waals surface area contributed by atoms with Gasteiger partial charge < -0.3 is 9.32 Å². The van der Waals surface area contributed by atoms with Crippen LogP contribution in [0.1, 0.15) is 22.3 Å². The van der Waals surface area contributed by atoms with Crippen LogP contribution in [0.3, 0.4) is 0 Å². The van der Waals surface area contributed by atoms with Crippen LogP contribution < -0.4 is 4.90 Å². The topological polar surface area (TPSA) is 29.3 Å². The third-order valence-electron chi connectivity index (χ3n) is 12.3. The SMILES string of the molecule is c1ccc(-c2nc3cc(-c4cccc(N5c6ccccc6C(c6ccccc6)(c6ccccc6)c6ccccc65)c4)ccc3c3c2ccc2oc4ccccc4c23)cc1. The minimum atomic E-state index is -0.515. The first kappa shape index (κ1) is 33.4. The van der Waals surface area contributed by atoms with E-state index in [-0.39, 0.29) is 0 Å². The van der Waals surface area contributed by atoms with Crippen LogP contribution in [0.25, 0.3) is 66.0 Å². The Morgan fingerprint density at radius 2 is 0.966 bits per heavy atom. The predicted octanol–water partition coefficient (Wildman–Crippen LogP) is 14.8. The fourth-order valence-electron chi connectivity index (χ4n) is 9.82. The first-order chi connectivity index (χ1) is 29.3. The third kappa shape index (κ3) is 4.98. The molecule has 11 aromatic rings. The molecule has 0 unspecified atom stereocenters. The Balaban J connectivity index is 1.06. The smallest absolute Gasteiger partial charge is 0.136 e. The number of hydrogen-bond acceptors (Lipinski definition) is 3. The van der Waals surface area contributed by atoms with Gasteiger partial charge in [-0.05, 0) is 81.9 Å². The van der Waals surface area contributed by atoms with Crippen LogP contribution >= 0.6 is 0 Å². The zero-order valence-electron chi connectivity index (χ0n) is 32.1. The van der Waals surface area contributed by atoms with E-state index in [1.165, 1.54) is 27.6 Å². The summed E-state index contributed by atoms with van der Waals surface area (Å²) in [4.78, 5) is 7.88. The molecule has 59 heavy (non-hydrogen) atoms. The molecule has 2 aromatic heterocycles. The van der Waals surface area contributed by atoms with Crippen molar-refractivity contribution >= 4 is 60.7 Å². The van der Waals surface area contributed by atoms with Crippen LogP contribution in [-0.4, -0.2) is 4.98 Å². The lowest BCUT2D eigenvalue weighted by Gasteiger charge is -2.46. The third-order valence-corrected chi connectivity index (χ3v) is 12.3. The van der Waals surface area contributed by atoms with Crippen LogP contribution in [0.2, 0.25) is 0 Å². The van der Waals surface area contributed by atoms with Gasteiger partial charge in [-0.3, -0.25) is 0 Å². The van der Waals surface area contributed by atoms with Gasteiger partial charge in [0, 0.05) is 38.2 Å². The Kier molecular flexibility index (Phi) is 7.45. The summed E-state index contributed by atoms with van der Waals surface area (Å²) >= 11 is 0. The highest BCUT2D eigenvalue weighted by Crippen LogP contribution is 2.57. The first-order valence-electron chi connectivity index (χ1n) is 20.2. The molecule has 3 heteroatoms. The monoisotopic (exact) mass is 752 g/mol. The van der Waals surface area contributed by atoms with E-state index in [9.17, 15) is 0 Å². The van der Waals surface area contributed by atoms with Crippen molar-refractivity contribution in [3.05, 3.63) is 241 Å². The van der Waals surface area contributed by atoms with E-state index in [0.29, 0.717) is 0 Å². The highest BCUT2D eigenvalue weighted by atomic mass is 16.3. The number of anilines is 3. The largest absolute Gasteiger partial charge is 0.456 e. The number of hydrogen-bond donors (Lipinski definition) is 0. The van der Waals surface area contributed by atoms with Crippen molar-refractivity contribution < 1.29 is 4.42 Å². The van der Waals surface area contributed by atoms with Crippen molar-refractivity contribution in [3.63, 3.8) is 0 Å². The van der Waals surface area contributed by atoms with Gasteiger partial charge in [0.05, 0.1) is 28.0 Å². The van der Waals surface area contributed by atoms with E-state index in [1.54, 1.807) is 0 Å². The van der Waals surface area contributed by atoms with E-state index in [1.807, 2.05) is 6.07 Å². The van der Waals surface area contributed by atoms with E-state index < -0.39 is 5.41 Å². The average molecular weight is 753 g/mol. The van der Waals surface area contributed by atoms with E-state index >= 15 is 0 Å². The van der Waals surface area contributed by atoms with Crippen LogP contribution in [0.15, 0.2) is 223 Å². The molecule has 0 spiro atoms. The summed E-state index contributed by atoms with van der Waals surface area (Å²) in [5, 5.41) is 5.62.